The monoisotopic (exact) mass is 272 g/mol. The number of anilines is 1. The molecule has 2 aromatic rings. The summed E-state index contributed by atoms with van der Waals surface area (Å²) in [6.45, 7) is 3.91. The van der Waals surface area contributed by atoms with E-state index < -0.39 is 0 Å². The van der Waals surface area contributed by atoms with Gasteiger partial charge in [-0.25, -0.2) is 4.39 Å². The van der Waals surface area contributed by atoms with Crippen molar-refractivity contribution in [1.29, 1.82) is 0 Å². The van der Waals surface area contributed by atoms with Gasteiger partial charge in [-0.3, -0.25) is 4.79 Å². The largest absolute Gasteiger partial charge is 0.326 e. The van der Waals surface area contributed by atoms with Gasteiger partial charge in [0.25, 0.3) is 5.91 Å². The van der Waals surface area contributed by atoms with Crippen molar-refractivity contribution in [1.82, 2.24) is 0 Å². The summed E-state index contributed by atoms with van der Waals surface area (Å²) in [7, 11) is 0. The second-order valence-electron chi connectivity index (χ2n) is 4.78. The average molecular weight is 272 g/mol. The molecule has 0 radical (unpaired) electrons. The van der Waals surface area contributed by atoms with E-state index in [4.69, 9.17) is 5.73 Å². The van der Waals surface area contributed by atoms with Gasteiger partial charge in [0, 0.05) is 23.4 Å². The third kappa shape index (κ3) is 3.03. The predicted octanol–water partition coefficient (Wildman–Crippen LogP) is 3.15. The number of hydrogen-bond donors (Lipinski definition) is 2. The summed E-state index contributed by atoms with van der Waals surface area (Å²) in [6.07, 6.45) is 0. The van der Waals surface area contributed by atoms with Crippen molar-refractivity contribution in [2.75, 3.05) is 5.32 Å². The summed E-state index contributed by atoms with van der Waals surface area (Å²) in [4.78, 5) is 12.2. The minimum Gasteiger partial charge on any atom is -0.326 e. The number of nitrogens with two attached hydrogens (primary N) is 1. The number of carbonyl (C=O) groups excluding carboxylic acids is 1. The molecule has 3 N–H and O–H groups in total. The number of rotatable bonds is 3. The van der Waals surface area contributed by atoms with Crippen LogP contribution in [0, 0.1) is 19.7 Å². The Hall–Kier alpha value is -2.20. The predicted molar refractivity (Wildman–Crippen MR) is 78.2 cm³/mol. The Kier molecular flexibility index (Phi) is 4.15. The van der Waals surface area contributed by atoms with Crippen LogP contribution in [0.5, 0.6) is 0 Å². The quantitative estimate of drug-likeness (QED) is 0.901. The van der Waals surface area contributed by atoms with Crippen LogP contribution in [-0.2, 0) is 6.54 Å². The third-order valence-corrected chi connectivity index (χ3v) is 3.16. The Morgan fingerprint density at radius 3 is 2.65 bits per heavy atom. The maximum atomic E-state index is 13.4. The van der Waals surface area contributed by atoms with Crippen LogP contribution in [0.4, 0.5) is 10.1 Å². The lowest BCUT2D eigenvalue weighted by Crippen LogP contribution is -2.14. The lowest BCUT2D eigenvalue weighted by atomic mass is 10.0. The molecule has 0 heterocycles. The second-order valence-corrected chi connectivity index (χ2v) is 4.78. The molecular weight excluding hydrogens is 255 g/mol. The normalized spacial score (nSPS) is 10.4. The van der Waals surface area contributed by atoms with E-state index in [0.717, 1.165) is 11.1 Å². The molecule has 0 saturated heterocycles. The highest BCUT2D eigenvalue weighted by atomic mass is 19.1. The van der Waals surface area contributed by atoms with Crippen LogP contribution in [0.3, 0.4) is 0 Å². The van der Waals surface area contributed by atoms with Gasteiger partial charge in [0.15, 0.2) is 0 Å². The number of hydrogen-bond acceptors (Lipinski definition) is 2. The fourth-order valence-corrected chi connectivity index (χ4v) is 1.99. The van der Waals surface area contributed by atoms with Crippen LogP contribution in [-0.4, -0.2) is 5.91 Å². The number of aryl methyl sites for hydroxylation is 2. The molecule has 0 aliphatic rings. The van der Waals surface area contributed by atoms with Crippen molar-refractivity contribution < 1.29 is 9.18 Å². The van der Waals surface area contributed by atoms with Crippen molar-refractivity contribution in [3.63, 3.8) is 0 Å². The van der Waals surface area contributed by atoms with E-state index in [1.54, 1.807) is 6.07 Å². The van der Waals surface area contributed by atoms with Gasteiger partial charge in [-0.2, -0.15) is 0 Å². The summed E-state index contributed by atoms with van der Waals surface area (Å²) in [6, 6.07) is 10.1. The fraction of sp³-hybridized carbons (Fsp3) is 0.188. The number of halogens is 1. The van der Waals surface area contributed by atoms with Crippen LogP contribution in [0.25, 0.3) is 0 Å². The first kappa shape index (κ1) is 14.2. The third-order valence-electron chi connectivity index (χ3n) is 3.16. The average Bonchev–Trinajstić information content (AvgIpc) is 2.43. The molecule has 3 nitrogen and oxygen atoms in total. The lowest BCUT2D eigenvalue weighted by molar-refractivity contribution is 0.102. The van der Waals surface area contributed by atoms with E-state index in [1.807, 2.05) is 32.0 Å². The smallest absolute Gasteiger partial charge is 0.255 e. The molecule has 20 heavy (non-hydrogen) atoms. The molecule has 0 spiro atoms. The minimum absolute atomic E-state index is 0.0962. The summed E-state index contributed by atoms with van der Waals surface area (Å²) in [5, 5.41) is 2.77. The van der Waals surface area contributed by atoms with E-state index in [1.165, 1.54) is 12.1 Å². The number of benzene rings is 2. The van der Waals surface area contributed by atoms with Crippen molar-refractivity contribution in [3.8, 4) is 0 Å². The molecule has 0 fully saturated rings. The van der Waals surface area contributed by atoms with Gasteiger partial charge in [-0.1, -0.05) is 17.7 Å². The highest BCUT2D eigenvalue weighted by Crippen LogP contribution is 2.17. The van der Waals surface area contributed by atoms with Gasteiger partial charge < -0.3 is 11.1 Å². The summed E-state index contributed by atoms with van der Waals surface area (Å²) < 4.78 is 13.4. The van der Waals surface area contributed by atoms with Crippen LogP contribution >= 0.6 is 0 Å². The zero-order valence-corrected chi connectivity index (χ0v) is 11.5. The highest BCUT2D eigenvalue weighted by molar-refractivity contribution is 6.05. The molecule has 104 valence electrons. The summed E-state index contributed by atoms with van der Waals surface area (Å²) in [5.41, 5.74) is 8.90. The molecule has 0 saturated carbocycles. The SMILES string of the molecule is Cc1ccc(C)c(C(=O)Nc2ccc(F)c(CN)c2)c1. The number of nitrogens with one attached hydrogen (secondary N) is 1. The molecule has 0 unspecified atom stereocenters. The van der Waals surface area contributed by atoms with E-state index in [-0.39, 0.29) is 18.3 Å². The molecule has 4 heteroatoms. The van der Waals surface area contributed by atoms with Crippen LogP contribution in [0.2, 0.25) is 0 Å². The van der Waals surface area contributed by atoms with E-state index in [0.29, 0.717) is 16.8 Å². The van der Waals surface area contributed by atoms with E-state index in [9.17, 15) is 9.18 Å². The van der Waals surface area contributed by atoms with Gasteiger partial charge in [0.05, 0.1) is 0 Å². The summed E-state index contributed by atoms with van der Waals surface area (Å²) >= 11 is 0. The number of carbonyl (C=O) groups is 1. The first-order valence-corrected chi connectivity index (χ1v) is 6.38. The van der Waals surface area contributed by atoms with E-state index >= 15 is 0 Å². The molecule has 1 amide bonds. The lowest BCUT2D eigenvalue weighted by Gasteiger charge is -2.10. The van der Waals surface area contributed by atoms with Crippen molar-refractivity contribution >= 4 is 11.6 Å². The Morgan fingerprint density at radius 1 is 1.20 bits per heavy atom. The van der Waals surface area contributed by atoms with Gasteiger partial charge in [-0.15, -0.1) is 0 Å². The number of amides is 1. The van der Waals surface area contributed by atoms with E-state index in [2.05, 4.69) is 5.32 Å². The molecule has 0 aliphatic heterocycles. The maximum absolute atomic E-state index is 13.4. The zero-order valence-electron chi connectivity index (χ0n) is 11.5. The standard InChI is InChI=1S/C16H17FN2O/c1-10-3-4-11(2)14(7-10)16(20)19-13-5-6-15(17)12(8-13)9-18/h3-8H,9,18H2,1-2H3,(H,19,20). The second kappa shape index (κ2) is 5.84. The fourth-order valence-electron chi connectivity index (χ4n) is 1.99. The molecule has 0 aliphatic carbocycles. The molecular formula is C16H17FN2O. The minimum atomic E-state index is -0.364. The Morgan fingerprint density at radius 2 is 1.95 bits per heavy atom. The zero-order chi connectivity index (χ0) is 14.7. The highest BCUT2D eigenvalue weighted by Gasteiger charge is 2.10. The molecule has 0 aromatic heterocycles. The van der Waals surface area contributed by atoms with Gasteiger partial charge in [-0.05, 0) is 43.7 Å². The Balaban J connectivity index is 2.25. The van der Waals surface area contributed by atoms with Crippen LogP contribution in [0.15, 0.2) is 36.4 Å². The molecule has 0 atom stereocenters. The molecule has 0 bridgehead atoms. The van der Waals surface area contributed by atoms with Gasteiger partial charge >= 0.3 is 0 Å². The van der Waals surface area contributed by atoms with Crippen molar-refractivity contribution in [2.45, 2.75) is 20.4 Å². The Labute approximate surface area is 117 Å². The van der Waals surface area contributed by atoms with Gasteiger partial charge in [0.2, 0.25) is 0 Å². The molecule has 2 aromatic carbocycles. The van der Waals surface area contributed by atoms with Crippen molar-refractivity contribution in [2.24, 2.45) is 5.73 Å². The van der Waals surface area contributed by atoms with Crippen LogP contribution in [0.1, 0.15) is 27.0 Å². The summed E-state index contributed by atoms with van der Waals surface area (Å²) in [5.74, 6) is -0.571. The Bertz CT molecular complexity index is 653. The van der Waals surface area contributed by atoms with Crippen molar-refractivity contribution in [3.05, 3.63) is 64.5 Å². The van der Waals surface area contributed by atoms with Crippen LogP contribution < -0.4 is 11.1 Å². The first-order valence-electron chi connectivity index (χ1n) is 6.38. The topological polar surface area (TPSA) is 55.1 Å². The molecule has 2 rings (SSSR count). The first-order chi connectivity index (χ1) is 9.51. The maximum Gasteiger partial charge on any atom is 0.255 e. The van der Waals surface area contributed by atoms with Gasteiger partial charge in [0.1, 0.15) is 5.82 Å².